The van der Waals surface area contributed by atoms with Crippen LogP contribution in [-0.2, 0) is 14.5 Å². The fourth-order valence-corrected chi connectivity index (χ4v) is 1.00. The van der Waals surface area contributed by atoms with Crippen molar-refractivity contribution in [1.29, 1.82) is 0 Å². The van der Waals surface area contributed by atoms with E-state index in [0.29, 0.717) is 0 Å². The van der Waals surface area contributed by atoms with E-state index in [0.717, 1.165) is 0 Å². The molecule has 0 amide bonds. The Morgan fingerprint density at radius 2 is 1.83 bits per heavy atom. The quantitative estimate of drug-likeness (QED) is 0.659. The summed E-state index contributed by atoms with van der Waals surface area (Å²) in [5.74, 6) is -2.69. The minimum absolute atomic E-state index is 0.0155. The van der Waals surface area contributed by atoms with Crippen LogP contribution in [0.5, 0.6) is 0 Å². The Labute approximate surface area is 69.2 Å². The normalized spacial score (nSPS) is 10.9. The molecule has 70 valence electrons. The lowest BCUT2D eigenvalue weighted by atomic mass is 9.83. The van der Waals surface area contributed by atoms with Gasteiger partial charge in [0, 0.05) is 4.53 Å². The third-order valence-electron chi connectivity index (χ3n) is 2.08. The number of halogens is 1. The molecule has 0 aromatic heterocycles. The van der Waals surface area contributed by atoms with Gasteiger partial charge in [-0.3, -0.25) is 9.74 Å². The number of carbonyl (C=O) groups is 2. The van der Waals surface area contributed by atoms with Crippen molar-refractivity contribution in [3.8, 4) is 0 Å². The average molecular weight is 178 g/mol. The van der Waals surface area contributed by atoms with Crippen molar-refractivity contribution in [2.24, 2.45) is 5.41 Å². The Bertz CT molecular complexity index is 186. The second-order valence-electron chi connectivity index (χ2n) is 2.46. The molecular formula is C7H11FO4. The molecule has 0 aliphatic rings. The summed E-state index contributed by atoms with van der Waals surface area (Å²) in [6.07, 6.45) is 0.0309. The van der Waals surface area contributed by atoms with Crippen LogP contribution in [0.15, 0.2) is 0 Å². The molecule has 12 heavy (non-hydrogen) atoms. The van der Waals surface area contributed by atoms with Gasteiger partial charge in [-0.15, -0.1) is 0 Å². The van der Waals surface area contributed by atoms with Crippen LogP contribution in [0, 0.1) is 5.41 Å². The molecule has 0 atom stereocenters. The van der Waals surface area contributed by atoms with Crippen molar-refractivity contribution in [2.75, 3.05) is 0 Å². The third-order valence-corrected chi connectivity index (χ3v) is 2.08. The number of hydrogen-bond acceptors (Lipinski definition) is 3. The first-order valence-corrected chi connectivity index (χ1v) is 3.61. The number of aliphatic carboxylic acids is 1. The number of carboxylic acids is 1. The monoisotopic (exact) mass is 178 g/mol. The summed E-state index contributed by atoms with van der Waals surface area (Å²) in [4.78, 5) is 24.3. The zero-order valence-corrected chi connectivity index (χ0v) is 6.96. The Kier molecular flexibility index (Phi) is 3.66. The van der Waals surface area contributed by atoms with Crippen LogP contribution in [0.1, 0.15) is 26.7 Å². The van der Waals surface area contributed by atoms with Crippen LogP contribution >= 0.6 is 0 Å². The van der Waals surface area contributed by atoms with Crippen molar-refractivity contribution >= 4 is 11.9 Å². The maximum atomic E-state index is 11.5. The topological polar surface area (TPSA) is 63.6 Å². The molecular weight excluding hydrogens is 167 g/mol. The summed E-state index contributed by atoms with van der Waals surface area (Å²) < 4.78 is 11.5. The Morgan fingerprint density at radius 1 is 1.42 bits per heavy atom. The number of rotatable bonds is 4. The molecule has 0 heterocycles. The van der Waals surface area contributed by atoms with E-state index in [9.17, 15) is 14.1 Å². The molecule has 0 unspecified atom stereocenters. The molecule has 0 radical (unpaired) electrons. The van der Waals surface area contributed by atoms with Crippen molar-refractivity contribution in [2.45, 2.75) is 26.7 Å². The summed E-state index contributed by atoms with van der Waals surface area (Å²) in [6.45, 7) is 2.99. The largest absolute Gasteiger partial charge is 0.480 e. The van der Waals surface area contributed by atoms with E-state index in [1.54, 1.807) is 0 Å². The van der Waals surface area contributed by atoms with Gasteiger partial charge in [-0.1, -0.05) is 13.8 Å². The standard InChI is InChI=1S/C7H11FO4/c1-3-7(4-2,5(9)10)6(11)12-8/h3-4H2,1-2H3,(H,9,10). The SMILES string of the molecule is CCC(CC)(C(=O)O)C(=O)OF. The zero-order valence-electron chi connectivity index (χ0n) is 6.96. The predicted octanol–water partition coefficient (Wildman–Crippen LogP) is 1.31. The highest BCUT2D eigenvalue weighted by Crippen LogP contribution is 2.28. The first kappa shape index (κ1) is 10.9. The Hall–Kier alpha value is -1.13. The van der Waals surface area contributed by atoms with Crippen LogP contribution < -0.4 is 0 Å². The molecule has 1 N–H and O–H groups in total. The summed E-state index contributed by atoms with van der Waals surface area (Å²) in [6, 6.07) is 0. The Morgan fingerprint density at radius 3 is 1.92 bits per heavy atom. The van der Waals surface area contributed by atoms with Crippen LogP contribution in [-0.4, -0.2) is 17.0 Å². The van der Waals surface area contributed by atoms with E-state index in [1.165, 1.54) is 13.8 Å². The molecule has 0 bridgehead atoms. The van der Waals surface area contributed by atoms with Gasteiger partial charge in [0.25, 0.3) is 0 Å². The average Bonchev–Trinajstić information content (AvgIpc) is 2.06. The molecule has 5 heteroatoms. The summed E-state index contributed by atoms with van der Waals surface area (Å²) in [5.41, 5.74) is -1.73. The van der Waals surface area contributed by atoms with E-state index in [4.69, 9.17) is 5.11 Å². The minimum atomic E-state index is -1.73. The molecule has 0 saturated heterocycles. The van der Waals surface area contributed by atoms with Gasteiger partial charge in [0.05, 0.1) is 0 Å². The summed E-state index contributed by atoms with van der Waals surface area (Å²) in [5, 5.41) is 8.66. The van der Waals surface area contributed by atoms with Crippen LogP contribution in [0.25, 0.3) is 0 Å². The second-order valence-corrected chi connectivity index (χ2v) is 2.46. The lowest BCUT2D eigenvalue weighted by Gasteiger charge is -2.20. The number of carbonyl (C=O) groups excluding carboxylic acids is 1. The fourth-order valence-electron chi connectivity index (χ4n) is 1.00. The van der Waals surface area contributed by atoms with E-state index < -0.39 is 17.4 Å². The maximum Gasteiger partial charge on any atom is 0.366 e. The van der Waals surface area contributed by atoms with Gasteiger partial charge in [0.15, 0.2) is 5.41 Å². The lowest BCUT2D eigenvalue weighted by molar-refractivity contribution is -0.201. The van der Waals surface area contributed by atoms with Crippen molar-refractivity contribution in [3.05, 3.63) is 0 Å². The molecule has 0 aromatic rings. The molecule has 0 saturated carbocycles. The number of hydrogen-bond donors (Lipinski definition) is 1. The predicted molar refractivity (Wildman–Crippen MR) is 37.9 cm³/mol. The fraction of sp³-hybridized carbons (Fsp3) is 0.714. The molecule has 0 aliphatic carbocycles. The van der Waals surface area contributed by atoms with Gasteiger partial charge in [0.2, 0.25) is 0 Å². The second kappa shape index (κ2) is 4.04. The van der Waals surface area contributed by atoms with E-state index >= 15 is 0 Å². The van der Waals surface area contributed by atoms with Crippen LogP contribution in [0.4, 0.5) is 4.53 Å². The van der Waals surface area contributed by atoms with Gasteiger partial charge >= 0.3 is 11.9 Å². The van der Waals surface area contributed by atoms with Gasteiger partial charge < -0.3 is 5.11 Å². The first-order valence-electron chi connectivity index (χ1n) is 3.61. The van der Waals surface area contributed by atoms with E-state index in [1.807, 2.05) is 0 Å². The van der Waals surface area contributed by atoms with Gasteiger partial charge in [-0.25, -0.2) is 4.79 Å². The lowest BCUT2D eigenvalue weighted by Crippen LogP contribution is -2.38. The van der Waals surface area contributed by atoms with Crippen LogP contribution in [0.3, 0.4) is 0 Å². The number of carboxylic acid groups (broad SMARTS) is 1. The first-order chi connectivity index (χ1) is 5.55. The van der Waals surface area contributed by atoms with Gasteiger partial charge in [-0.2, -0.15) is 0 Å². The van der Waals surface area contributed by atoms with Crippen molar-refractivity contribution in [3.63, 3.8) is 0 Å². The Balaban J connectivity index is 4.82. The summed E-state index contributed by atoms with van der Waals surface area (Å²) in [7, 11) is 0. The highest BCUT2D eigenvalue weighted by Gasteiger charge is 2.45. The summed E-state index contributed by atoms with van der Waals surface area (Å²) >= 11 is 0. The molecule has 0 aromatic carbocycles. The van der Waals surface area contributed by atoms with Gasteiger partial charge in [-0.05, 0) is 12.8 Å². The highest BCUT2D eigenvalue weighted by atomic mass is 19.3. The zero-order chi connectivity index (χ0) is 9.78. The van der Waals surface area contributed by atoms with Crippen molar-refractivity contribution < 1.29 is 24.2 Å². The minimum Gasteiger partial charge on any atom is -0.480 e. The molecule has 0 spiro atoms. The van der Waals surface area contributed by atoms with E-state index in [2.05, 4.69) is 4.94 Å². The highest BCUT2D eigenvalue weighted by molar-refractivity contribution is 5.98. The maximum absolute atomic E-state index is 11.5. The van der Waals surface area contributed by atoms with E-state index in [-0.39, 0.29) is 12.8 Å². The smallest absolute Gasteiger partial charge is 0.366 e. The molecule has 0 aliphatic heterocycles. The van der Waals surface area contributed by atoms with Crippen molar-refractivity contribution in [1.82, 2.24) is 0 Å². The van der Waals surface area contributed by atoms with Crippen LogP contribution in [0.2, 0.25) is 0 Å². The third kappa shape index (κ3) is 1.54. The molecule has 0 rings (SSSR count). The van der Waals surface area contributed by atoms with Gasteiger partial charge in [0.1, 0.15) is 0 Å². The molecule has 0 fully saturated rings. The molecule has 4 nitrogen and oxygen atoms in total.